The molecule has 0 aliphatic heterocycles. The SMILES string of the molecule is CC1CCC(N)(c2nc(-c3ccncn3)no2)CC1. The van der Waals surface area contributed by atoms with Gasteiger partial charge < -0.3 is 10.3 Å². The minimum atomic E-state index is -0.481. The van der Waals surface area contributed by atoms with Crippen molar-refractivity contribution in [3.63, 3.8) is 0 Å². The maximum Gasteiger partial charge on any atom is 0.247 e. The monoisotopic (exact) mass is 259 g/mol. The molecule has 100 valence electrons. The van der Waals surface area contributed by atoms with Gasteiger partial charge in [0.05, 0.1) is 5.54 Å². The summed E-state index contributed by atoms with van der Waals surface area (Å²) >= 11 is 0. The molecule has 0 bridgehead atoms. The van der Waals surface area contributed by atoms with Crippen molar-refractivity contribution < 1.29 is 4.52 Å². The van der Waals surface area contributed by atoms with Crippen LogP contribution in [0.15, 0.2) is 23.1 Å². The van der Waals surface area contributed by atoms with Gasteiger partial charge in [0.25, 0.3) is 0 Å². The highest BCUT2D eigenvalue weighted by molar-refractivity contribution is 5.46. The van der Waals surface area contributed by atoms with Crippen LogP contribution in [0.4, 0.5) is 0 Å². The van der Waals surface area contributed by atoms with Crippen molar-refractivity contribution >= 4 is 0 Å². The summed E-state index contributed by atoms with van der Waals surface area (Å²) in [5, 5.41) is 3.97. The molecule has 6 nitrogen and oxygen atoms in total. The Morgan fingerprint density at radius 1 is 1.37 bits per heavy atom. The van der Waals surface area contributed by atoms with E-state index in [1.54, 1.807) is 12.3 Å². The number of hydrogen-bond acceptors (Lipinski definition) is 6. The Hall–Kier alpha value is -1.82. The zero-order chi connectivity index (χ0) is 13.3. The molecule has 0 unspecified atom stereocenters. The normalized spacial score (nSPS) is 27.4. The lowest BCUT2D eigenvalue weighted by molar-refractivity contribution is 0.190. The number of aromatic nitrogens is 4. The molecule has 2 aromatic heterocycles. The molecule has 3 rings (SSSR count). The van der Waals surface area contributed by atoms with Gasteiger partial charge in [0.1, 0.15) is 12.0 Å². The van der Waals surface area contributed by atoms with Crippen LogP contribution in [0.3, 0.4) is 0 Å². The first-order valence-corrected chi connectivity index (χ1v) is 6.57. The van der Waals surface area contributed by atoms with Crippen molar-refractivity contribution in [3.05, 3.63) is 24.5 Å². The average molecular weight is 259 g/mol. The Kier molecular flexibility index (Phi) is 3.02. The summed E-state index contributed by atoms with van der Waals surface area (Å²) in [6.45, 7) is 2.25. The number of nitrogens with zero attached hydrogens (tertiary/aromatic N) is 4. The predicted molar refractivity (Wildman–Crippen MR) is 68.8 cm³/mol. The van der Waals surface area contributed by atoms with Crippen molar-refractivity contribution in [2.75, 3.05) is 0 Å². The molecule has 1 aliphatic rings. The van der Waals surface area contributed by atoms with Gasteiger partial charge in [-0.05, 0) is 37.7 Å². The molecule has 0 atom stereocenters. The highest BCUT2D eigenvalue weighted by Crippen LogP contribution is 2.36. The third-order valence-electron chi connectivity index (χ3n) is 3.83. The van der Waals surface area contributed by atoms with Crippen LogP contribution >= 0.6 is 0 Å². The molecule has 1 fully saturated rings. The highest BCUT2D eigenvalue weighted by Gasteiger charge is 2.37. The zero-order valence-electron chi connectivity index (χ0n) is 10.9. The Labute approximate surface area is 111 Å². The minimum absolute atomic E-state index is 0.473. The Morgan fingerprint density at radius 2 is 2.16 bits per heavy atom. The molecular weight excluding hydrogens is 242 g/mol. The molecule has 0 amide bonds. The lowest BCUT2D eigenvalue weighted by Gasteiger charge is -2.32. The molecule has 2 heterocycles. The fraction of sp³-hybridized carbons (Fsp3) is 0.538. The summed E-state index contributed by atoms with van der Waals surface area (Å²) in [6.07, 6.45) is 7.09. The van der Waals surface area contributed by atoms with E-state index in [-0.39, 0.29) is 0 Å². The van der Waals surface area contributed by atoms with Gasteiger partial charge in [0, 0.05) is 6.20 Å². The van der Waals surface area contributed by atoms with E-state index in [0.29, 0.717) is 17.4 Å². The first-order valence-electron chi connectivity index (χ1n) is 6.57. The second kappa shape index (κ2) is 4.70. The summed E-state index contributed by atoms with van der Waals surface area (Å²) < 4.78 is 5.35. The van der Waals surface area contributed by atoms with E-state index in [1.807, 2.05) is 0 Å². The molecule has 0 spiro atoms. The molecule has 0 aromatic carbocycles. The van der Waals surface area contributed by atoms with E-state index in [2.05, 4.69) is 27.0 Å². The summed E-state index contributed by atoms with van der Waals surface area (Å²) in [5.74, 6) is 1.72. The van der Waals surface area contributed by atoms with Crippen LogP contribution < -0.4 is 5.73 Å². The maximum absolute atomic E-state index is 6.41. The molecule has 6 heteroatoms. The second-order valence-corrected chi connectivity index (χ2v) is 5.36. The quantitative estimate of drug-likeness (QED) is 0.885. The van der Waals surface area contributed by atoms with Gasteiger partial charge in [0.2, 0.25) is 11.7 Å². The number of hydrogen-bond donors (Lipinski definition) is 1. The van der Waals surface area contributed by atoms with Crippen LogP contribution in [0.2, 0.25) is 0 Å². The largest absolute Gasteiger partial charge is 0.337 e. The van der Waals surface area contributed by atoms with E-state index in [1.165, 1.54) is 6.33 Å². The Bertz CT molecular complexity index is 545. The predicted octanol–water partition coefficient (Wildman–Crippen LogP) is 1.89. The van der Waals surface area contributed by atoms with E-state index in [4.69, 9.17) is 10.3 Å². The molecular formula is C13H17N5O. The molecule has 1 aliphatic carbocycles. The maximum atomic E-state index is 6.41. The molecule has 1 saturated carbocycles. The Morgan fingerprint density at radius 3 is 2.84 bits per heavy atom. The van der Waals surface area contributed by atoms with Crippen molar-refractivity contribution in [2.45, 2.75) is 38.1 Å². The molecule has 2 aromatic rings. The van der Waals surface area contributed by atoms with Crippen LogP contribution in [0.25, 0.3) is 11.5 Å². The van der Waals surface area contributed by atoms with E-state index < -0.39 is 5.54 Å². The van der Waals surface area contributed by atoms with Crippen LogP contribution in [0.1, 0.15) is 38.5 Å². The van der Waals surface area contributed by atoms with Gasteiger partial charge in [-0.1, -0.05) is 12.1 Å². The van der Waals surface area contributed by atoms with E-state index >= 15 is 0 Å². The van der Waals surface area contributed by atoms with Crippen molar-refractivity contribution in [1.82, 2.24) is 20.1 Å². The van der Waals surface area contributed by atoms with Crippen LogP contribution in [0.5, 0.6) is 0 Å². The topological polar surface area (TPSA) is 90.7 Å². The number of rotatable bonds is 2. The summed E-state index contributed by atoms with van der Waals surface area (Å²) in [5.41, 5.74) is 6.57. The van der Waals surface area contributed by atoms with E-state index in [9.17, 15) is 0 Å². The summed E-state index contributed by atoms with van der Waals surface area (Å²) in [7, 11) is 0. The van der Waals surface area contributed by atoms with Gasteiger partial charge in [-0.25, -0.2) is 9.97 Å². The number of nitrogens with two attached hydrogens (primary N) is 1. The molecule has 0 saturated heterocycles. The molecule has 2 N–H and O–H groups in total. The molecule has 0 radical (unpaired) electrons. The van der Waals surface area contributed by atoms with Gasteiger partial charge in [-0.3, -0.25) is 0 Å². The fourth-order valence-electron chi connectivity index (χ4n) is 2.44. The lowest BCUT2D eigenvalue weighted by atomic mass is 9.78. The summed E-state index contributed by atoms with van der Waals surface area (Å²) in [6, 6.07) is 1.75. The summed E-state index contributed by atoms with van der Waals surface area (Å²) in [4.78, 5) is 12.4. The zero-order valence-corrected chi connectivity index (χ0v) is 10.9. The fourth-order valence-corrected chi connectivity index (χ4v) is 2.44. The van der Waals surface area contributed by atoms with Crippen LogP contribution in [-0.2, 0) is 5.54 Å². The first-order chi connectivity index (χ1) is 9.17. The van der Waals surface area contributed by atoms with Gasteiger partial charge >= 0.3 is 0 Å². The lowest BCUT2D eigenvalue weighted by Crippen LogP contribution is -2.40. The van der Waals surface area contributed by atoms with E-state index in [0.717, 1.165) is 31.6 Å². The van der Waals surface area contributed by atoms with Gasteiger partial charge in [-0.15, -0.1) is 0 Å². The average Bonchev–Trinajstić information content (AvgIpc) is 2.94. The third kappa shape index (κ3) is 2.35. The van der Waals surface area contributed by atoms with Crippen LogP contribution in [0, 0.1) is 5.92 Å². The standard InChI is InChI=1S/C13H17N5O/c1-9-2-5-13(14,6-3-9)12-17-11(18-19-12)10-4-7-15-8-16-10/h4,7-9H,2-3,5-6,14H2,1H3. The van der Waals surface area contributed by atoms with Gasteiger partial charge in [-0.2, -0.15) is 4.98 Å². The van der Waals surface area contributed by atoms with Crippen molar-refractivity contribution in [2.24, 2.45) is 11.7 Å². The third-order valence-corrected chi connectivity index (χ3v) is 3.83. The molecule has 19 heavy (non-hydrogen) atoms. The van der Waals surface area contributed by atoms with Gasteiger partial charge in [0.15, 0.2) is 0 Å². The smallest absolute Gasteiger partial charge is 0.247 e. The minimum Gasteiger partial charge on any atom is -0.337 e. The van der Waals surface area contributed by atoms with Crippen molar-refractivity contribution in [3.8, 4) is 11.5 Å². The van der Waals surface area contributed by atoms with Crippen LogP contribution in [-0.4, -0.2) is 20.1 Å². The van der Waals surface area contributed by atoms with Crippen molar-refractivity contribution in [1.29, 1.82) is 0 Å². The Balaban J connectivity index is 1.85. The highest BCUT2D eigenvalue weighted by atomic mass is 16.5. The first kappa shape index (κ1) is 12.2. The second-order valence-electron chi connectivity index (χ2n) is 5.36.